The summed E-state index contributed by atoms with van der Waals surface area (Å²) < 4.78 is 22.1. The van der Waals surface area contributed by atoms with Crippen molar-refractivity contribution in [3.8, 4) is 34.4 Å². The van der Waals surface area contributed by atoms with Crippen LogP contribution in [0.15, 0.2) is 60.7 Å². The third kappa shape index (κ3) is 3.66. The van der Waals surface area contributed by atoms with Crippen LogP contribution in [0, 0.1) is 0 Å². The Hall–Kier alpha value is -4.00. The first-order chi connectivity index (χ1) is 15.2. The SMILES string of the molecule is COc1ccc(-c2nc(Nc3ccc4c(c3)OCCO4)c3ccccc3n2)cc1OC. The summed E-state index contributed by atoms with van der Waals surface area (Å²) in [5.41, 5.74) is 2.52. The molecular weight excluding hydrogens is 394 g/mol. The van der Waals surface area contributed by atoms with Gasteiger partial charge in [-0.3, -0.25) is 0 Å². The van der Waals surface area contributed by atoms with Gasteiger partial charge >= 0.3 is 0 Å². The van der Waals surface area contributed by atoms with Gasteiger partial charge in [-0.2, -0.15) is 0 Å². The van der Waals surface area contributed by atoms with Crippen molar-refractivity contribution in [3.63, 3.8) is 0 Å². The lowest BCUT2D eigenvalue weighted by molar-refractivity contribution is 0.171. The van der Waals surface area contributed by atoms with E-state index in [0.717, 1.165) is 33.7 Å². The van der Waals surface area contributed by atoms with Gasteiger partial charge in [-0.05, 0) is 42.5 Å². The van der Waals surface area contributed by atoms with Crippen molar-refractivity contribution >= 4 is 22.4 Å². The smallest absolute Gasteiger partial charge is 0.163 e. The normalized spacial score (nSPS) is 12.5. The minimum Gasteiger partial charge on any atom is -0.493 e. The largest absolute Gasteiger partial charge is 0.493 e. The molecule has 156 valence electrons. The fourth-order valence-corrected chi connectivity index (χ4v) is 3.53. The fourth-order valence-electron chi connectivity index (χ4n) is 3.53. The molecule has 7 nitrogen and oxygen atoms in total. The summed E-state index contributed by atoms with van der Waals surface area (Å²) in [6, 6.07) is 19.3. The summed E-state index contributed by atoms with van der Waals surface area (Å²) in [7, 11) is 3.22. The van der Waals surface area contributed by atoms with Crippen LogP contribution in [-0.2, 0) is 0 Å². The molecule has 0 radical (unpaired) electrons. The zero-order valence-corrected chi connectivity index (χ0v) is 17.2. The first-order valence-corrected chi connectivity index (χ1v) is 9.91. The number of hydrogen-bond acceptors (Lipinski definition) is 7. The van der Waals surface area contributed by atoms with E-state index in [4.69, 9.17) is 28.9 Å². The van der Waals surface area contributed by atoms with Gasteiger partial charge in [0.05, 0.1) is 19.7 Å². The Kier molecular flexibility index (Phi) is 4.92. The van der Waals surface area contributed by atoms with Crippen LogP contribution in [0.3, 0.4) is 0 Å². The first-order valence-electron chi connectivity index (χ1n) is 9.91. The Morgan fingerprint density at radius 1 is 0.806 bits per heavy atom. The van der Waals surface area contributed by atoms with Crippen LogP contribution in [0.5, 0.6) is 23.0 Å². The molecule has 0 saturated carbocycles. The average Bonchev–Trinajstić information content (AvgIpc) is 2.83. The molecule has 4 aromatic rings. The van der Waals surface area contributed by atoms with E-state index in [1.807, 2.05) is 60.7 Å². The maximum atomic E-state index is 5.71. The topological polar surface area (TPSA) is 74.7 Å². The lowest BCUT2D eigenvalue weighted by Crippen LogP contribution is -2.15. The highest BCUT2D eigenvalue weighted by molar-refractivity contribution is 5.92. The van der Waals surface area contributed by atoms with E-state index in [9.17, 15) is 0 Å². The standard InChI is InChI=1S/C24H21N3O4/c1-28-19-9-7-15(13-21(19)29-2)23-26-18-6-4-3-5-17(18)24(27-23)25-16-8-10-20-22(14-16)31-12-11-30-20/h3-10,13-14H,11-12H2,1-2H3,(H,25,26,27). The molecule has 0 fully saturated rings. The van der Waals surface area contributed by atoms with Crippen LogP contribution in [0.4, 0.5) is 11.5 Å². The van der Waals surface area contributed by atoms with Crippen molar-refractivity contribution in [2.45, 2.75) is 0 Å². The summed E-state index contributed by atoms with van der Waals surface area (Å²) >= 11 is 0. The Morgan fingerprint density at radius 3 is 2.45 bits per heavy atom. The molecule has 31 heavy (non-hydrogen) atoms. The molecule has 0 unspecified atom stereocenters. The molecule has 0 aliphatic carbocycles. The number of para-hydroxylation sites is 1. The number of ether oxygens (including phenoxy) is 4. The molecule has 2 heterocycles. The van der Waals surface area contributed by atoms with E-state index >= 15 is 0 Å². The molecular formula is C24H21N3O4. The van der Waals surface area contributed by atoms with Gasteiger partial charge in [0.2, 0.25) is 0 Å². The Labute approximate surface area is 179 Å². The van der Waals surface area contributed by atoms with Crippen LogP contribution in [-0.4, -0.2) is 37.4 Å². The predicted molar refractivity (Wildman–Crippen MR) is 119 cm³/mol. The molecule has 3 aromatic carbocycles. The van der Waals surface area contributed by atoms with Gasteiger partial charge in [-0.15, -0.1) is 0 Å². The zero-order valence-electron chi connectivity index (χ0n) is 17.2. The number of aromatic nitrogens is 2. The van der Waals surface area contributed by atoms with Crippen LogP contribution < -0.4 is 24.3 Å². The second-order valence-electron chi connectivity index (χ2n) is 6.97. The molecule has 0 spiro atoms. The van der Waals surface area contributed by atoms with E-state index in [2.05, 4.69) is 5.32 Å². The summed E-state index contributed by atoms with van der Waals surface area (Å²) in [6.45, 7) is 1.10. The van der Waals surface area contributed by atoms with E-state index in [-0.39, 0.29) is 0 Å². The van der Waals surface area contributed by atoms with Gasteiger partial charge in [0, 0.05) is 22.7 Å². The molecule has 5 rings (SSSR count). The Bertz CT molecular complexity index is 1260. The monoisotopic (exact) mass is 415 g/mol. The third-order valence-corrected chi connectivity index (χ3v) is 5.05. The number of methoxy groups -OCH3 is 2. The minimum absolute atomic E-state index is 0.538. The van der Waals surface area contributed by atoms with E-state index in [1.165, 1.54) is 0 Å². The van der Waals surface area contributed by atoms with Crippen LogP contribution >= 0.6 is 0 Å². The molecule has 1 aliphatic rings. The molecule has 0 bridgehead atoms. The van der Waals surface area contributed by atoms with Crippen molar-refractivity contribution in [1.29, 1.82) is 0 Å². The van der Waals surface area contributed by atoms with Crippen LogP contribution in [0.25, 0.3) is 22.3 Å². The third-order valence-electron chi connectivity index (χ3n) is 5.05. The quantitative estimate of drug-likeness (QED) is 0.500. The van der Waals surface area contributed by atoms with Crippen molar-refractivity contribution in [3.05, 3.63) is 60.7 Å². The molecule has 1 aliphatic heterocycles. The maximum Gasteiger partial charge on any atom is 0.163 e. The van der Waals surface area contributed by atoms with E-state index in [0.29, 0.717) is 36.4 Å². The Morgan fingerprint density at radius 2 is 1.61 bits per heavy atom. The molecule has 0 saturated heterocycles. The zero-order chi connectivity index (χ0) is 21.2. The molecule has 1 N–H and O–H groups in total. The highest BCUT2D eigenvalue weighted by Gasteiger charge is 2.15. The number of anilines is 2. The second-order valence-corrected chi connectivity index (χ2v) is 6.97. The van der Waals surface area contributed by atoms with E-state index in [1.54, 1.807) is 14.2 Å². The summed E-state index contributed by atoms with van der Waals surface area (Å²) in [4.78, 5) is 9.58. The highest BCUT2D eigenvalue weighted by atomic mass is 16.6. The van der Waals surface area contributed by atoms with Gasteiger partial charge in [0.25, 0.3) is 0 Å². The maximum absolute atomic E-state index is 5.71. The lowest BCUT2D eigenvalue weighted by atomic mass is 10.1. The molecule has 0 atom stereocenters. The van der Waals surface area contributed by atoms with Gasteiger partial charge in [0.15, 0.2) is 28.8 Å². The highest BCUT2D eigenvalue weighted by Crippen LogP contribution is 2.36. The summed E-state index contributed by atoms with van der Waals surface area (Å²) in [5, 5.41) is 4.33. The first kappa shape index (κ1) is 19.0. The van der Waals surface area contributed by atoms with Crippen molar-refractivity contribution in [1.82, 2.24) is 9.97 Å². The number of fused-ring (bicyclic) bond motifs is 2. The number of nitrogens with zero attached hydrogens (tertiary/aromatic N) is 2. The van der Waals surface area contributed by atoms with Crippen molar-refractivity contribution < 1.29 is 18.9 Å². The number of rotatable bonds is 5. The predicted octanol–water partition coefficient (Wildman–Crippen LogP) is 4.83. The van der Waals surface area contributed by atoms with Crippen molar-refractivity contribution in [2.24, 2.45) is 0 Å². The lowest BCUT2D eigenvalue weighted by Gasteiger charge is -2.19. The van der Waals surface area contributed by atoms with Crippen LogP contribution in [0.2, 0.25) is 0 Å². The van der Waals surface area contributed by atoms with Crippen LogP contribution in [0.1, 0.15) is 0 Å². The number of nitrogens with one attached hydrogen (secondary N) is 1. The molecule has 0 amide bonds. The van der Waals surface area contributed by atoms with Gasteiger partial charge < -0.3 is 24.3 Å². The number of hydrogen-bond donors (Lipinski definition) is 1. The summed E-state index contributed by atoms with van der Waals surface area (Å²) in [6.07, 6.45) is 0. The Balaban J connectivity index is 1.58. The van der Waals surface area contributed by atoms with Crippen molar-refractivity contribution in [2.75, 3.05) is 32.8 Å². The van der Waals surface area contributed by atoms with Gasteiger partial charge in [-0.1, -0.05) is 12.1 Å². The molecule has 1 aromatic heterocycles. The van der Waals surface area contributed by atoms with E-state index < -0.39 is 0 Å². The number of benzene rings is 3. The fraction of sp³-hybridized carbons (Fsp3) is 0.167. The second kappa shape index (κ2) is 8.02. The average molecular weight is 415 g/mol. The summed E-state index contributed by atoms with van der Waals surface area (Å²) in [5.74, 6) is 4.02. The van der Waals surface area contributed by atoms with Gasteiger partial charge in [-0.25, -0.2) is 9.97 Å². The molecule has 7 heteroatoms. The minimum atomic E-state index is 0.538. The van der Waals surface area contributed by atoms with Gasteiger partial charge in [0.1, 0.15) is 19.0 Å².